The molecule has 0 atom stereocenters. The third kappa shape index (κ3) is 5.21. The maximum absolute atomic E-state index is 12.2. The van der Waals surface area contributed by atoms with Crippen molar-refractivity contribution in [2.45, 2.75) is 12.8 Å². The van der Waals surface area contributed by atoms with Crippen molar-refractivity contribution >= 4 is 23.6 Å². The van der Waals surface area contributed by atoms with E-state index < -0.39 is 5.91 Å². The lowest BCUT2D eigenvalue weighted by Gasteiger charge is -2.15. The molecule has 0 aliphatic carbocycles. The normalized spacial score (nSPS) is 13.7. The van der Waals surface area contributed by atoms with Crippen molar-refractivity contribution in [1.29, 1.82) is 5.26 Å². The molecule has 6 nitrogen and oxygen atoms in total. The van der Waals surface area contributed by atoms with Crippen LogP contribution in [-0.2, 0) is 9.59 Å². The Morgan fingerprint density at radius 3 is 2.39 bits per heavy atom. The predicted octanol–water partition coefficient (Wildman–Crippen LogP) is 3.23. The number of nitriles is 1. The average molecular weight is 375 g/mol. The van der Waals surface area contributed by atoms with Gasteiger partial charge in [0, 0.05) is 18.8 Å². The number of para-hydroxylation sites is 1. The number of hydrogen-bond acceptors (Lipinski definition) is 4. The molecule has 2 amide bonds. The maximum atomic E-state index is 12.2. The first kappa shape index (κ1) is 19.2. The van der Waals surface area contributed by atoms with Gasteiger partial charge in [0.05, 0.1) is 0 Å². The number of benzene rings is 2. The molecule has 28 heavy (non-hydrogen) atoms. The summed E-state index contributed by atoms with van der Waals surface area (Å²) in [5, 5.41) is 12.0. The highest BCUT2D eigenvalue weighted by Gasteiger charge is 2.18. The fraction of sp³-hybridized carbons (Fsp3) is 0.227. The summed E-state index contributed by atoms with van der Waals surface area (Å²) in [5.74, 6) is 0.0907. The Labute approximate surface area is 164 Å². The zero-order valence-corrected chi connectivity index (χ0v) is 15.4. The van der Waals surface area contributed by atoms with Crippen molar-refractivity contribution in [3.8, 4) is 11.8 Å². The van der Waals surface area contributed by atoms with Crippen LogP contribution in [0.15, 0.2) is 60.2 Å². The van der Waals surface area contributed by atoms with E-state index in [4.69, 9.17) is 4.74 Å². The number of carbonyl (C=O) groups is 2. The minimum Gasteiger partial charge on any atom is -0.484 e. The van der Waals surface area contributed by atoms with Crippen LogP contribution in [-0.4, -0.2) is 36.4 Å². The van der Waals surface area contributed by atoms with Crippen molar-refractivity contribution < 1.29 is 14.3 Å². The minimum atomic E-state index is -0.467. The van der Waals surface area contributed by atoms with Crippen molar-refractivity contribution in [1.82, 2.24) is 4.90 Å². The second kappa shape index (κ2) is 9.38. The van der Waals surface area contributed by atoms with Gasteiger partial charge in [0.2, 0.25) is 0 Å². The van der Waals surface area contributed by atoms with E-state index in [1.54, 1.807) is 48.5 Å². The van der Waals surface area contributed by atoms with Crippen molar-refractivity contribution in [3.05, 3.63) is 65.7 Å². The summed E-state index contributed by atoms with van der Waals surface area (Å²) in [7, 11) is 0. The fourth-order valence-electron chi connectivity index (χ4n) is 2.90. The molecule has 0 aromatic heterocycles. The summed E-state index contributed by atoms with van der Waals surface area (Å²) < 4.78 is 5.54. The summed E-state index contributed by atoms with van der Waals surface area (Å²) in [6, 6.07) is 17.8. The number of amides is 2. The van der Waals surface area contributed by atoms with Crippen molar-refractivity contribution in [2.75, 3.05) is 25.0 Å². The first-order valence-corrected chi connectivity index (χ1v) is 9.14. The van der Waals surface area contributed by atoms with Crippen LogP contribution in [0, 0.1) is 11.3 Å². The van der Waals surface area contributed by atoms with E-state index in [0.717, 1.165) is 25.9 Å². The van der Waals surface area contributed by atoms with Gasteiger partial charge in [-0.25, -0.2) is 0 Å². The number of nitrogens with zero attached hydrogens (tertiary/aromatic N) is 2. The molecule has 0 saturated carbocycles. The molecule has 1 aliphatic rings. The predicted molar refractivity (Wildman–Crippen MR) is 106 cm³/mol. The smallest absolute Gasteiger partial charge is 0.266 e. The molecule has 3 rings (SSSR count). The Hall–Kier alpha value is -3.59. The van der Waals surface area contributed by atoms with Crippen LogP contribution >= 0.6 is 0 Å². The van der Waals surface area contributed by atoms with Gasteiger partial charge in [-0.15, -0.1) is 0 Å². The quantitative estimate of drug-likeness (QED) is 0.621. The molecule has 1 heterocycles. The van der Waals surface area contributed by atoms with Gasteiger partial charge in [0.25, 0.3) is 11.8 Å². The van der Waals surface area contributed by atoms with E-state index in [-0.39, 0.29) is 18.1 Å². The molecule has 1 aliphatic heterocycles. The van der Waals surface area contributed by atoms with Crippen LogP contribution < -0.4 is 10.1 Å². The van der Waals surface area contributed by atoms with Crippen LogP contribution in [0.1, 0.15) is 18.4 Å². The summed E-state index contributed by atoms with van der Waals surface area (Å²) in [5.41, 5.74) is 1.32. The molecule has 1 fully saturated rings. The molecule has 142 valence electrons. The summed E-state index contributed by atoms with van der Waals surface area (Å²) in [4.78, 5) is 26.1. The van der Waals surface area contributed by atoms with E-state index in [9.17, 15) is 14.9 Å². The number of anilines is 1. The highest BCUT2D eigenvalue weighted by atomic mass is 16.5. The van der Waals surface area contributed by atoms with Crippen LogP contribution in [0.25, 0.3) is 6.08 Å². The van der Waals surface area contributed by atoms with Gasteiger partial charge in [-0.3, -0.25) is 9.59 Å². The number of carbonyl (C=O) groups excluding carboxylic acids is 2. The third-order valence-corrected chi connectivity index (χ3v) is 4.41. The lowest BCUT2D eigenvalue weighted by atomic mass is 10.1. The molecule has 0 radical (unpaired) electrons. The lowest BCUT2D eigenvalue weighted by molar-refractivity contribution is -0.132. The summed E-state index contributed by atoms with van der Waals surface area (Å²) in [6.45, 7) is 1.61. The van der Waals surface area contributed by atoms with Crippen molar-refractivity contribution in [3.63, 3.8) is 0 Å². The highest BCUT2D eigenvalue weighted by Crippen LogP contribution is 2.16. The number of nitrogens with one attached hydrogen (secondary N) is 1. The third-order valence-electron chi connectivity index (χ3n) is 4.41. The molecule has 2 aromatic carbocycles. The van der Waals surface area contributed by atoms with Gasteiger partial charge in [-0.05, 0) is 48.7 Å². The Morgan fingerprint density at radius 1 is 1.07 bits per heavy atom. The van der Waals surface area contributed by atoms with Crippen LogP contribution in [0.2, 0.25) is 0 Å². The van der Waals surface area contributed by atoms with Gasteiger partial charge >= 0.3 is 0 Å². The number of likely N-dealkylation sites (tertiary alicyclic amines) is 1. The van der Waals surface area contributed by atoms with Crippen LogP contribution in [0.5, 0.6) is 5.75 Å². The number of ether oxygens (including phenoxy) is 1. The molecule has 6 heteroatoms. The molecule has 1 saturated heterocycles. The monoisotopic (exact) mass is 375 g/mol. The van der Waals surface area contributed by atoms with Gasteiger partial charge in [0.1, 0.15) is 17.4 Å². The SMILES string of the molecule is N#C/C(=C\c1ccc(OCC(=O)N2CCCC2)cc1)C(=O)Nc1ccccc1. The van der Waals surface area contributed by atoms with Gasteiger partial charge in [0.15, 0.2) is 6.61 Å². The Bertz CT molecular complexity index is 893. The van der Waals surface area contributed by atoms with Gasteiger partial charge in [-0.2, -0.15) is 5.26 Å². The molecule has 0 bridgehead atoms. The molecular weight excluding hydrogens is 354 g/mol. The number of hydrogen-bond donors (Lipinski definition) is 1. The lowest BCUT2D eigenvalue weighted by Crippen LogP contribution is -2.32. The van der Waals surface area contributed by atoms with Gasteiger partial charge in [-0.1, -0.05) is 30.3 Å². The minimum absolute atomic E-state index is 0.00160. The first-order chi connectivity index (χ1) is 13.7. The van der Waals surface area contributed by atoms with Crippen LogP contribution in [0.3, 0.4) is 0 Å². The summed E-state index contributed by atoms with van der Waals surface area (Å²) in [6.07, 6.45) is 3.61. The fourth-order valence-corrected chi connectivity index (χ4v) is 2.90. The Kier molecular flexibility index (Phi) is 6.42. The van der Waals surface area contributed by atoms with Crippen LogP contribution in [0.4, 0.5) is 5.69 Å². The van der Waals surface area contributed by atoms with E-state index in [1.807, 2.05) is 17.0 Å². The zero-order chi connectivity index (χ0) is 19.8. The standard InChI is InChI=1S/C22H21N3O3/c23-15-18(22(27)24-19-6-2-1-3-7-19)14-17-8-10-20(11-9-17)28-16-21(26)25-12-4-5-13-25/h1-3,6-11,14H,4-5,12-13,16H2,(H,24,27)/b18-14+. The largest absolute Gasteiger partial charge is 0.484 e. The second-order valence-electron chi connectivity index (χ2n) is 6.44. The Morgan fingerprint density at radius 2 is 1.75 bits per heavy atom. The average Bonchev–Trinajstić information content (AvgIpc) is 3.27. The molecule has 2 aromatic rings. The van der Waals surface area contributed by atoms with E-state index in [2.05, 4.69) is 5.32 Å². The molecule has 0 unspecified atom stereocenters. The van der Waals surface area contributed by atoms with E-state index in [1.165, 1.54) is 6.08 Å². The summed E-state index contributed by atoms with van der Waals surface area (Å²) >= 11 is 0. The zero-order valence-electron chi connectivity index (χ0n) is 15.4. The Balaban J connectivity index is 1.59. The van der Waals surface area contributed by atoms with Crippen molar-refractivity contribution in [2.24, 2.45) is 0 Å². The number of rotatable bonds is 6. The van der Waals surface area contributed by atoms with E-state index in [0.29, 0.717) is 17.0 Å². The van der Waals surface area contributed by atoms with Gasteiger partial charge < -0.3 is 15.0 Å². The molecular formula is C22H21N3O3. The molecule has 1 N–H and O–H groups in total. The molecule has 0 spiro atoms. The van der Waals surface area contributed by atoms with E-state index >= 15 is 0 Å². The second-order valence-corrected chi connectivity index (χ2v) is 6.44. The topological polar surface area (TPSA) is 82.4 Å². The highest BCUT2D eigenvalue weighted by molar-refractivity contribution is 6.09. The maximum Gasteiger partial charge on any atom is 0.266 e. The first-order valence-electron chi connectivity index (χ1n) is 9.14.